The highest BCUT2D eigenvalue weighted by atomic mass is 32.2. The van der Waals surface area contributed by atoms with Gasteiger partial charge >= 0.3 is 0 Å². The van der Waals surface area contributed by atoms with Crippen LogP contribution in [0.4, 0.5) is 0 Å². The average molecular weight is 382 g/mol. The summed E-state index contributed by atoms with van der Waals surface area (Å²) in [5.74, 6) is 0.00949. The lowest BCUT2D eigenvalue weighted by Crippen LogP contribution is -2.50. The molecule has 0 aliphatic heterocycles. The average Bonchev–Trinajstić information content (AvgIpc) is 2.57. The van der Waals surface area contributed by atoms with Crippen molar-refractivity contribution in [2.75, 3.05) is 19.4 Å². The molecule has 0 aliphatic rings. The van der Waals surface area contributed by atoms with Crippen molar-refractivity contribution in [2.24, 2.45) is 5.73 Å². The molecule has 0 radical (unpaired) electrons. The number of ether oxygens (including phenoxy) is 1. The van der Waals surface area contributed by atoms with E-state index in [0.29, 0.717) is 18.7 Å². The minimum Gasteiger partial charge on any atom is -0.369 e. The van der Waals surface area contributed by atoms with Gasteiger partial charge in [-0.2, -0.15) is 0 Å². The maximum absolute atomic E-state index is 12.7. The van der Waals surface area contributed by atoms with Gasteiger partial charge in [-0.1, -0.05) is 0 Å². The number of nitrogens with zero attached hydrogens (tertiary/aromatic N) is 1. The smallest absolute Gasteiger partial charge is 0.252 e. The Balaban J connectivity index is 2.74. The Hall–Kier alpha value is -1.44. The zero-order chi connectivity index (χ0) is 19.7. The normalized spacial score (nSPS) is 12.7. The largest absolute Gasteiger partial charge is 0.369 e. The van der Waals surface area contributed by atoms with E-state index >= 15 is 0 Å². The van der Waals surface area contributed by atoms with E-state index in [4.69, 9.17) is 10.5 Å². The molecule has 0 saturated heterocycles. The maximum atomic E-state index is 12.7. The van der Waals surface area contributed by atoms with Crippen LogP contribution in [-0.2, 0) is 14.3 Å². The summed E-state index contributed by atoms with van der Waals surface area (Å²) in [4.78, 5) is 30.4. The fourth-order valence-corrected chi connectivity index (χ4v) is 3.38. The molecule has 0 bridgehead atoms. The molecule has 1 aromatic heterocycles. The number of unbranched alkanes of at least 4 members (excludes halogenated alkanes) is 1. The first kappa shape index (κ1) is 22.6. The maximum Gasteiger partial charge on any atom is 0.252 e. The number of hydrogen-bond acceptors (Lipinski definition) is 6. The third kappa shape index (κ3) is 7.43. The van der Waals surface area contributed by atoms with Gasteiger partial charge in [0.05, 0.1) is 11.8 Å². The summed E-state index contributed by atoms with van der Waals surface area (Å²) in [6.07, 6.45) is 2.19. The fraction of sp³-hybridized carbons (Fsp3) is 0.632. The van der Waals surface area contributed by atoms with Crippen LogP contribution in [0.3, 0.4) is 0 Å². The number of aromatic nitrogens is 1. The van der Waals surface area contributed by atoms with E-state index in [0.717, 1.165) is 29.1 Å². The van der Waals surface area contributed by atoms with Gasteiger partial charge in [-0.25, -0.2) is 0 Å². The van der Waals surface area contributed by atoms with Crippen LogP contribution < -0.4 is 11.1 Å². The second kappa shape index (κ2) is 10.6. The van der Waals surface area contributed by atoms with Gasteiger partial charge in [-0.15, -0.1) is 11.8 Å². The van der Waals surface area contributed by atoms with Crippen molar-refractivity contribution in [1.29, 1.82) is 0 Å². The number of nitrogens with two attached hydrogens (primary N) is 1. The molecule has 3 N–H and O–H groups in total. The molecular formula is C19H31N3O3S. The van der Waals surface area contributed by atoms with Crippen molar-refractivity contribution in [3.05, 3.63) is 23.5 Å². The number of ketones is 1. The minimum atomic E-state index is -0.973. The van der Waals surface area contributed by atoms with Crippen LogP contribution in [0.1, 0.15) is 44.5 Å². The first-order chi connectivity index (χ1) is 12.2. The van der Waals surface area contributed by atoms with Crippen LogP contribution in [0.25, 0.3) is 0 Å². The number of hydrogen-bond donors (Lipinski definition) is 2. The second-order valence-corrected chi connectivity index (χ2v) is 7.91. The molecule has 0 spiro atoms. The molecule has 1 heterocycles. The van der Waals surface area contributed by atoms with Gasteiger partial charge in [-0.05, 0) is 65.6 Å². The van der Waals surface area contributed by atoms with Gasteiger partial charge < -0.3 is 15.8 Å². The lowest BCUT2D eigenvalue weighted by Gasteiger charge is -2.25. The quantitative estimate of drug-likeness (QED) is 0.451. The monoisotopic (exact) mass is 381 g/mol. The van der Waals surface area contributed by atoms with Gasteiger partial charge in [0, 0.05) is 23.4 Å². The van der Waals surface area contributed by atoms with E-state index in [2.05, 4.69) is 10.3 Å². The number of thioether (sulfide) groups is 1. The van der Waals surface area contributed by atoms with E-state index in [9.17, 15) is 9.59 Å². The molecule has 6 nitrogen and oxygen atoms in total. The predicted octanol–water partition coefficient (Wildman–Crippen LogP) is 2.40. The van der Waals surface area contributed by atoms with Crippen LogP contribution in [-0.4, -0.2) is 47.7 Å². The van der Waals surface area contributed by atoms with Crippen molar-refractivity contribution >= 4 is 23.5 Å². The summed E-state index contributed by atoms with van der Waals surface area (Å²) in [5, 5.41) is 2.85. The molecule has 0 aliphatic carbocycles. The zero-order valence-corrected chi connectivity index (χ0v) is 17.2. The van der Waals surface area contributed by atoms with Crippen molar-refractivity contribution in [1.82, 2.24) is 10.3 Å². The molecule has 1 aromatic rings. The van der Waals surface area contributed by atoms with Crippen LogP contribution in [0, 0.1) is 13.8 Å². The van der Waals surface area contributed by atoms with Crippen LogP contribution in [0.5, 0.6) is 0 Å². The number of carbonyl (C=O) groups is 2. The summed E-state index contributed by atoms with van der Waals surface area (Å²) in [5.41, 5.74) is 6.42. The highest BCUT2D eigenvalue weighted by Gasteiger charge is 2.30. The van der Waals surface area contributed by atoms with Crippen molar-refractivity contribution in [3.8, 4) is 0 Å². The number of nitrogens with one attached hydrogen (secondary N) is 1. The lowest BCUT2D eigenvalue weighted by molar-refractivity contribution is -0.141. The number of pyridine rings is 1. The predicted molar refractivity (Wildman–Crippen MR) is 105 cm³/mol. The third-order valence-corrected chi connectivity index (χ3v) is 5.13. The van der Waals surface area contributed by atoms with Crippen LogP contribution in [0.2, 0.25) is 0 Å². The van der Waals surface area contributed by atoms with Gasteiger partial charge in [-0.3, -0.25) is 14.6 Å². The number of amides is 1. The molecule has 0 aromatic carbocycles. The molecule has 1 atom stereocenters. The summed E-state index contributed by atoms with van der Waals surface area (Å²) >= 11 is 1.47. The summed E-state index contributed by atoms with van der Waals surface area (Å²) in [7, 11) is 1.48. The summed E-state index contributed by atoms with van der Waals surface area (Å²) in [6, 6.07) is 3.39. The Bertz CT molecular complexity index is 600. The number of methoxy groups -OCH3 is 1. The Labute approximate surface area is 160 Å². The van der Waals surface area contributed by atoms with Crippen molar-refractivity contribution in [3.63, 3.8) is 0 Å². The number of aryl methyl sites for hydroxylation is 2. The second-order valence-electron chi connectivity index (χ2n) is 6.87. The van der Waals surface area contributed by atoms with Crippen molar-refractivity contribution < 1.29 is 14.3 Å². The molecular weight excluding hydrogens is 350 g/mol. The zero-order valence-electron chi connectivity index (χ0n) is 16.4. The SMILES string of the molecule is COC(C)(C)C(=O)N[C@@H](CCCCN)C(=O)CSc1cc(C)nc(C)c1. The number of carbonyl (C=O) groups excluding carboxylic acids is 2. The van der Waals surface area contributed by atoms with E-state index in [1.54, 1.807) is 13.8 Å². The van der Waals surface area contributed by atoms with Gasteiger partial charge in [0.2, 0.25) is 0 Å². The highest BCUT2D eigenvalue weighted by Crippen LogP contribution is 2.21. The van der Waals surface area contributed by atoms with E-state index < -0.39 is 11.6 Å². The van der Waals surface area contributed by atoms with Crippen molar-refractivity contribution in [2.45, 2.75) is 63.5 Å². The topological polar surface area (TPSA) is 94.3 Å². The number of rotatable bonds is 11. The van der Waals surface area contributed by atoms with E-state index in [1.165, 1.54) is 18.9 Å². The highest BCUT2D eigenvalue weighted by molar-refractivity contribution is 8.00. The molecule has 26 heavy (non-hydrogen) atoms. The van der Waals surface area contributed by atoms with E-state index in [-0.39, 0.29) is 11.7 Å². The van der Waals surface area contributed by atoms with Gasteiger partial charge in [0.25, 0.3) is 5.91 Å². The minimum absolute atomic E-state index is 0.000562. The van der Waals surface area contributed by atoms with Gasteiger partial charge in [0.1, 0.15) is 5.60 Å². The van der Waals surface area contributed by atoms with E-state index in [1.807, 2.05) is 26.0 Å². The van der Waals surface area contributed by atoms with Crippen LogP contribution >= 0.6 is 11.8 Å². The summed E-state index contributed by atoms with van der Waals surface area (Å²) < 4.78 is 5.21. The first-order valence-corrected chi connectivity index (χ1v) is 9.85. The molecule has 1 amide bonds. The molecule has 7 heteroatoms. The first-order valence-electron chi connectivity index (χ1n) is 8.86. The number of Topliss-reactive ketones (excluding diaryl/α,β-unsaturated/α-hetero) is 1. The summed E-state index contributed by atoms with van der Waals surface area (Å²) in [6.45, 7) is 7.80. The fourth-order valence-electron chi connectivity index (χ4n) is 2.37. The van der Waals surface area contributed by atoms with Gasteiger partial charge in [0.15, 0.2) is 5.78 Å². The molecule has 146 valence electrons. The lowest BCUT2D eigenvalue weighted by atomic mass is 10.0. The Morgan fingerprint density at radius 2 is 1.88 bits per heavy atom. The Morgan fingerprint density at radius 3 is 2.42 bits per heavy atom. The standard InChI is InChI=1S/C19H31N3O3S/c1-13-10-15(11-14(2)21-13)26-12-17(23)16(8-6-7-9-20)22-18(24)19(3,4)25-5/h10-11,16H,6-9,12,20H2,1-5H3,(H,22,24)/t16-/m0/s1. The molecule has 0 saturated carbocycles. The Kier molecular flexibility index (Phi) is 9.25. The molecule has 1 rings (SSSR count). The molecule has 0 fully saturated rings. The van der Waals surface area contributed by atoms with Crippen LogP contribution in [0.15, 0.2) is 17.0 Å². The third-order valence-electron chi connectivity index (χ3n) is 4.13. The Morgan fingerprint density at radius 1 is 1.27 bits per heavy atom. The molecule has 0 unspecified atom stereocenters.